The Morgan fingerprint density at radius 3 is 2.79 bits per heavy atom. The molecule has 0 saturated heterocycles. The maximum absolute atomic E-state index is 12.4. The summed E-state index contributed by atoms with van der Waals surface area (Å²) in [6.07, 6.45) is 3.54. The maximum atomic E-state index is 12.4. The molecule has 3 rings (SSSR count). The molecule has 0 fully saturated rings. The van der Waals surface area contributed by atoms with Crippen LogP contribution in [0.25, 0.3) is 10.9 Å². The molecule has 4 heteroatoms. The van der Waals surface area contributed by atoms with Crippen LogP contribution in [0.2, 0.25) is 0 Å². The third-order valence-corrected chi connectivity index (χ3v) is 5.08. The quantitative estimate of drug-likeness (QED) is 0.663. The van der Waals surface area contributed by atoms with Crippen LogP contribution in [-0.2, 0) is 11.2 Å². The monoisotopic (exact) mass is 340 g/mol. The summed E-state index contributed by atoms with van der Waals surface area (Å²) in [6.45, 7) is 6.16. The number of amides is 1. The largest absolute Gasteiger partial charge is 0.361 e. The normalized spacial score (nSPS) is 12.7. The van der Waals surface area contributed by atoms with Gasteiger partial charge in [0.1, 0.15) is 0 Å². The van der Waals surface area contributed by atoms with Crippen molar-refractivity contribution in [3.8, 4) is 0 Å². The van der Waals surface area contributed by atoms with E-state index in [1.165, 1.54) is 27.6 Å². The van der Waals surface area contributed by atoms with E-state index in [1.54, 1.807) is 11.3 Å². The minimum atomic E-state index is 0.0795. The van der Waals surface area contributed by atoms with E-state index in [1.807, 2.05) is 13.8 Å². The molecule has 0 aliphatic heterocycles. The highest BCUT2D eigenvalue weighted by atomic mass is 32.1. The average molecular weight is 340 g/mol. The number of hydrogen-bond donors (Lipinski definition) is 2. The Morgan fingerprint density at radius 1 is 1.29 bits per heavy atom. The van der Waals surface area contributed by atoms with Crippen molar-refractivity contribution in [2.45, 2.75) is 45.6 Å². The summed E-state index contributed by atoms with van der Waals surface area (Å²) in [7, 11) is 0. The molecule has 1 atom stereocenters. The van der Waals surface area contributed by atoms with E-state index in [4.69, 9.17) is 0 Å². The zero-order valence-electron chi connectivity index (χ0n) is 14.4. The van der Waals surface area contributed by atoms with Gasteiger partial charge in [-0.2, -0.15) is 11.3 Å². The van der Waals surface area contributed by atoms with Gasteiger partial charge in [-0.3, -0.25) is 4.79 Å². The molecule has 0 radical (unpaired) electrons. The molecule has 24 heavy (non-hydrogen) atoms. The molecule has 3 nitrogen and oxygen atoms in total. The minimum Gasteiger partial charge on any atom is -0.361 e. The number of aromatic amines is 1. The molecule has 2 N–H and O–H groups in total. The van der Waals surface area contributed by atoms with Crippen LogP contribution in [0.15, 0.2) is 41.2 Å². The second-order valence-corrected chi connectivity index (χ2v) is 7.25. The number of H-pyrrole nitrogens is 1. The number of rotatable bonds is 6. The van der Waals surface area contributed by atoms with Crippen molar-refractivity contribution in [2.75, 3.05) is 0 Å². The van der Waals surface area contributed by atoms with Crippen LogP contribution < -0.4 is 5.32 Å². The standard InChI is InChI=1S/C20H24N2OS/c1-4-14-6-5-7-16-18(11-21-20(14)16)17(15-8-9-24-12-15)10-19(23)22-13(2)3/h5-9,11-13,17,21H,4,10H2,1-3H3,(H,22,23). The zero-order valence-corrected chi connectivity index (χ0v) is 15.2. The number of benzene rings is 1. The molecule has 0 saturated carbocycles. The molecule has 0 bridgehead atoms. The molecule has 0 aliphatic rings. The van der Waals surface area contributed by atoms with E-state index in [-0.39, 0.29) is 17.9 Å². The van der Waals surface area contributed by atoms with Gasteiger partial charge in [-0.1, -0.05) is 25.1 Å². The number of nitrogens with one attached hydrogen (secondary N) is 2. The first kappa shape index (κ1) is 16.8. The van der Waals surface area contributed by atoms with E-state index in [0.29, 0.717) is 6.42 Å². The van der Waals surface area contributed by atoms with Crippen molar-refractivity contribution in [3.05, 3.63) is 57.9 Å². The predicted octanol–water partition coefficient (Wildman–Crippen LogP) is 4.84. The van der Waals surface area contributed by atoms with E-state index >= 15 is 0 Å². The van der Waals surface area contributed by atoms with Gasteiger partial charge in [0, 0.05) is 35.5 Å². The van der Waals surface area contributed by atoms with Gasteiger partial charge in [0.2, 0.25) is 5.91 Å². The number of aromatic nitrogens is 1. The van der Waals surface area contributed by atoms with Crippen molar-refractivity contribution in [3.63, 3.8) is 0 Å². The lowest BCUT2D eigenvalue weighted by Gasteiger charge is -2.17. The fourth-order valence-corrected chi connectivity index (χ4v) is 3.98. The number of aryl methyl sites for hydroxylation is 1. The van der Waals surface area contributed by atoms with E-state index < -0.39 is 0 Å². The Kier molecular flexibility index (Phi) is 5.05. The first-order chi connectivity index (χ1) is 11.6. The number of carbonyl (C=O) groups excluding carboxylic acids is 1. The molecule has 2 aromatic heterocycles. The molecule has 0 spiro atoms. The van der Waals surface area contributed by atoms with Gasteiger partial charge in [0.05, 0.1) is 0 Å². The number of fused-ring (bicyclic) bond motifs is 1. The first-order valence-electron chi connectivity index (χ1n) is 8.50. The van der Waals surface area contributed by atoms with Crippen molar-refractivity contribution < 1.29 is 4.79 Å². The van der Waals surface area contributed by atoms with Crippen molar-refractivity contribution in [2.24, 2.45) is 0 Å². The summed E-state index contributed by atoms with van der Waals surface area (Å²) in [6, 6.07) is 8.71. The lowest BCUT2D eigenvalue weighted by Crippen LogP contribution is -2.31. The van der Waals surface area contributed by atoms with Gasteiger partial charge >= 0.3 is 0 Å². The van der Waals surface area contributed by atoms with Gasteiger partial charge in [0.25, 0.3) is 0 Å². The molecule has 0 aliphatic carbocycles. The highest BCUT2D eigenvalue weighted by Crippen LogP contribution is 2.35. The van der Waals surface area contributed by atoms with Gasteiger partial charge in [-0.05, 0) is 53.8 Å². The Hall–Kier alpha value is -2.07. The number of carbonyl (C=O) groups is 1. The molecule has 126 valence electrons. The van der Waals surface area contributed by atoms with Crippen LogP contribution in [0.4, 0.5) is 0 Å². The summed E-state index contributed by atoms with van der Waals surface area (Å²) in [4.78, 5) is 15.8. The minimum absolute atomic E-state index is 0.0795. The third-order valence-electron chi connectivity index (χ3n) is 4.37. The molecule has 1 amide bonds. The zero-order chi connectivity index (χ0) is 17.1. The highest BCUT2D eigenvalue weighted by molar-refractivity contribution is 7.08. The van der Waals surface area contributed by atoms with Crippen molar-refractivity contribution in [1.82, 2.24) is 10.3 Å². The Bertz CT molecular complexity index is 817. The summed E-state index contributed by atoms with van der Waals surface area (Å²) < 4.78 is 0. The molecule has 2 heterocycles. The summed E-state index contributed by atoms with van der Waals surface area (Å²) >= 11 is 1.68. The second-order valence-electron chi connectivity index (χ2n) is 6.47. The molecule has 1 aromatic carbocycles. The number of para-hydroxylation sites is 1. The van der Waals surface area contributed by atoms with Gasteiger partial charge in [0.15, 0.2) is 0 Å². The van der Waals surface area contributed by atoms with E-state index in [2.05, 4.69) is 58.4 Å². The first-order valence-corrected chi connectivity index (χ1v) is 9.44. The maximum Gasteiger partial charge on any atom is 0.221 e. The topological polar surface area (TPSA) is 44.9 Å². The highest BCUT2D eigenvalue weighted by Gasteiger charge is 2.22. The van der Waals surface area contributed by atoms with E-state index in [9.17, 15) is 4.79 Å². The second kappa shape index (κ2) is 7.22. The summed E-state index contributed by atoms with van der Waals surface area (Å²) in [5.74, 6) is 0.179. The van der Waals surface area contributed by atoms with Crippen molar-refractivity contribution >= 4 is 28.1 Å². The fourth-order valence-electron chi connectivity index (χ4n) is 3.27. The smallest absolute Gasteiger partial charge is 0.221 e. The van der Waals surface area contributed by atoms with Crippen LogP contribution in [0.3, 0.4) is 0 Å². The third kappa shape index (κ3) is 3.39. The molecule has 1 unspecified atom stereocenters. The SMILES string of the molecule is CCc1cccc2c(C(CC(=O)NC(C)C)c3ccsc3)c[nH]c12. The Labute approximate surface area is 147 Å². The summed E-state index contributed by atoms with van der Waals surface area (Å²) in [5.41, 5.74) is 4.92. The Balaban J connectivity index is 2.02. The molecular weight excluding hydrogens is 316 g/mol. The van der Waals surface area contributed by atoms with Crippen LogP contribution in [0, 0.1) is 0 Å². The number of hydrogen-bond acceptors (Lipinski definition) is 2. The van der Waals surface area contributed by atoms with Gasteiger partial charge in [-0.15, -0.1) is 0 Å². The van der Waals surface area contributed by atoms with Crippen LogP contribution in [0.5, 0.6) is 0 Å². The predicted molar refractivity (Wildman–Crippen MR) is 102 cm³/mol. The molecule has 3 aromatic rings. The van der Waals surface area contributed by atoms with E-state index in [0.717, 1.165) is 6.42 Å². The van der Waals surface area contributed by atoms with Crippen LogP contribution in [0.1, 0.15) is 49.8 Å². The van der Waals surface area contributed by atoms with Crippen molar-refractivity contribution in [1.29, 1.82) is 0 Å². The Morgan fingerprint density at radius 2 is 2.12 bits per heavy atom. The lowest BCUT2D eigenvalue weighted by atomic mass is 9.89. The summed E-state index contributed by atoms with van der Waals surface area (Å²) in [5, 5.41) is 8.47. The van der Waals surface area contributed by atoms with Crippen LogP contribution >= 0.6 is 11.3 Å². The lowest BCUT2D eigenvalue weighted by molar-refractivity contribution is -0.121. The average Bonchev–Trinajstić information content (AvgIpc) is 3.21. The van der Waals surface area contributed by atoms with Gasteiger partial charge < -0.3 is 10.3 Å². The number of thiophene rings is 1. The fraction of sp³-hybridized carbons (Fsp3) is 0.350. The van der Waals surface area contributed by atoms with Gasteiger partial charge in [-0.25, -0.2) is 0 Å². The van der Waals surface area contributed by atoms with Crippen LogP contribution in [-0.4, -0.2) is 16.9 Å². The molecular formula is C20H24N2OS.